The van der Waals surface area contributed by atoms with Crippen molar-refractivity contribution in [2.75, 3.05) is 33.3 Å². The Balaban J connectivity index is 1.89. The van der Waals surface area contributed by atoms with E-state index in [0.717, 1.165) is 30.7 Å². The number of ether oxygens (including phenoxy) is 1. The summed E-state index contributed by atoms with van der Waals surface area (Å²) >= 11 is 0. The molecule has 0 spiro atoms. The number of hydrogen-bond donors (Lipinski definition) is 2. The minimum atomic E-state index is -0.124. The van der Waals surface area contributed by atoms with Gasteiger partial charge in [-0.25, -0.2) is 0 Å². The fourth-order valence-electron chi connectivity index (χ4n) is 3.20. The van der Waals surface area contributed by atoms with Crippen molar-refractivity contribution in [3.63, 3.8) is 0 Å². The summed E-state index contributed by atoms with van der Waals surface area (Å²) in [6, 6.07) is 7.82. The first kappa shape index (κ1) is 19.2. The number of methoxy groups -OCH3 is 1. The number of benzene rings is 1. The maximum absolute atomic E-state index is 12.6. The predicted molar refractivity (Wildman–Crippen MR) is 97.4 cm³/mol. The van der Waals surface area contributed by atoms with Gasteiger partial charge in [-0.2, -0.15) is 0 Å². The van der Waals surface area contributed by atoms with Crippen LogP contribution in [0.2, 0.25) is 0 Å². The lowest BCUT2D eigenvalue weighted by atomic mass is 9.94. The Morgan fingerprint density at radius 1 is 1.36 bits per heavy atom. The lowest BCUT2D eigenvalue weighted by Crippen LogP contribution is -2.46. The van der Waals surface area contributed by atoms with E-state index in [1.165, 1.54) is 0 Å². The number of nitrogens with one attached hydrogen (secondary N) is 1. The fraction of sp³-hybridized carbons (Fsp3) is 0.579. The molecule has 2 atom stereocenters. The second-order valence-electron chi connectivity index (χ2n) is 6.64. The number of carbonyl (C=O) groups is 2. The van der Waals surface area contributed by atoms with Crippen LogP contribution in [-0.2, 0) is 9.59 Å². The zero-order chi connectivity index (χ0) is 18.2. The van der Waals surface area contributed by atoms with E-state index in [2.05, 4.69) is 12.2 Å². The standard InChI is InChI=1S/C19H29N3O3/c1-14(15-5-7-17(25-2)8-6-15)12-18(23)22-11-3-4-16(13-22)19(24)21-10-9-20/h5-8,14,16H,3-4,9-13,20H2,1-2H3,(H,21,24). The summed E-state index contributed by atoms with van der Waals surface area (Å²) in [5.41, 5.74) is 6.54. The quantitative estimate of drug-likeness (QED) is 0.783. The highest BCUT2D eigenvalue weighted by molar-refractivity contribution is 5.81. The van der Waals surface area contributed by atoms with Crippen molar-refractivity contribution >= 4 is 11.8 Å². The molecular weight excluding hydrogens is 318 g/mol. The Hall–Kier alpha value is -2.08. The first-order valence-electron chi connectivity index (χ1n) is 8.94. The molecule has 1 aromatic carbocycles. The summed E-state index contributed by atoms with van der Waals surface area (Å²) in [4.78, 5) is 26.6. The molecule has 138 valence electrons. The minimum absolute atomic E-state index is 0.00570. The van der Waals surface area contributed by atoms with E-state index < -0.39 is 0 Å². The molecule has 0 aliphatic carbocycles. The normalized spacial score (nSPS) is 18.5. The molecule has 1 fully saturated rings. The summed E-state index contributed by atoms with van der Waals surface area (Å²) in [7, 11) is 1.64. The first-order chi connectivity index (χ1) is 12.0. The Kier molecular flexibility index (Phi) is 7.25. The van der Waals surface area contributed by atoms with Crippen LogP contribution in [0, 0.1) is 5.92 Å². The van der Waals surface area contributed by atoms with Crippen LogP contribution in [0.25, 0.3) is 0 Å². The number of amides is 2. The van der Waals surface area contributed by atoms with Gasteiger partial charge in [0.2, 0.25) is 11.8 Å². The highest BCUT2D eigenvalue weighted by Crippen LogP contribution is 2.24. The van der Waals surface area contributed by atoms with E-state index in [9.17, 15) is 9.59 Å². The van der Waals surface area contributed by atoms with Gasteiger partial charge in [-0.05, 0) is 36.5 Å². The molecule has 1 aromatic rings. The monoisotopic (exact) mass is 347 g/mol. The maximum atomic E-state index is 12.6. The number of piperidine rings is 1. The van der Waals surface area contributed by atoms with Gasteiger partial charge < -0.3 is 20.7 Å². The lowest BCUT2D eigenvalue weighted by Gasteiger charge is -2.32. The Bertz CT molecular complexity index is 574. The van der Waals surface area contributed by atoms with E-state index >= 15 is 0 Å². The van der Waals surface area contributed by atoms with Crippen molar-refractivity contribution in [3.05, 3.63) is 29.8 Å². The molecule has 0 radical (unpaired) electrons. The summed E-state index contributed by atoms with van der Waals surface area (Å²) in [5, 5.41) is 2.83. The van der Waals surface area contributed by atoms with E-state index in [1.807, 2.05) is 29.2 Å². The molecule has 0 saturated carbocycles. The number of rotatable bonds is 7. The SMILES string of the molecule is COc1ccc(C(C)CC(=O)N2CCCC(C(=O)NCCN)C2)cc1. The van der Waals surface area contributed by atoms with Gasteiger partial charge in [0.05, 0.1) is 13.0 Å². The molecule has 1 aliphatic heterocycles. The van der Waals surface area contributed by atoms with Gasteiger partial charge in [0, 0.05) is 32.6 Å². The van der Waals surface area contributed by atoms with Crippen molar-refractivity contribution < 1.29 is 14.3 Å². The van der Waals surface area contributed by atoms with Gasteiger partial charge >= 0.3 is 0 Å². The molecule has 2 amide bonds. The molecule has 25 heavy (non-hydrogen) atoms. The minimum Gasteiger partial charge on any atom is -0.497 e. The van der Waals surface area contributed by atoms with Crippen molar-refractivity contribution in [1.82, 2.24) is 10.2 Å². The van der Waals surface area contributed by atoms with E-state index in [4.69, 9.17) is 10.5 Å². The second kappa shape index (κ2) is 9.42. The van der Waals surface area contributed by atoms with E-state index in [-0.39, 0.29) is 23.7 Å². The van der Waals surface area contributed by atoms with Gasteiger partial charge in [0.15, 0.2) is 0 Å². The molecule has 0 aromatic heterocycles. The smallest absolute Gasteiger partial charge is 0.224 e. The Morgan fingerprint density at radius 3 is 2.72 bits per heavy atom. The van der Waals surface area contributed by atoms with Crippen molar-refractivity contribution in [1.29, 1.82) is 0 Å². The maximum Gasteiger partial charge on any atom is 0.224 e. The summed E-state index contributed by atoms with van der Waals surface area (Å²) in [6.45, 7) is 4.20. The molecule has 1 saturated heterocycles. The number of carbonyl (C=O) groups excluding carboxylic acids is 2. The third kappa shape index (κ3) is 5.46. The fourth-order valence-corrected chi connectivity index (χ4v) is 3.20. The second-order valence-corrected chi connectivity index (χ2v) is 6.64. The van der Waals surface area contributed by atoms with Gasteiger partial charge in [0.1, 0.15) is 5.75 Å². The van der Waals surface area contributed by atoms with E-state index in [0.29, 0.717) is 26.1 Å². The molecule has 0 bridgehead atoms. The van der Waals surface area contributed by atoms with Crippen LogP contribution in [0.15, 0.2) is 24.3 Å². The number of nitrogens with zero attached hydrogens (tertiary/aromatic N) is 1. The van der Waals surface area contributed by atoms with Gasteiger partial charge in [-0.1, -0.05) is 19.1 Å². The molecule has 6 heteroatoms. The number of hydrogen-bond acceptors (Lipinski definition) is 4. The number of nitrogens with two attached hydrogens (primary N) is 1. The third-order valence-corrected chi connectivity index (χ3v) is 4.75. The van der Waals surface area contributed by atoms with Crippen LogP contribution >= 0.6 is 0 Å². The third-order valence-electron chi connectivity index (χ3n) is 4.75. The molecular formula is C19H29N3O3. The van der Waals surface area contributed by atoms with Crippen LogP contribution in [0.4, 0.5) is 0 Å². The van der Waals surface area contributed by atoms with E-state index in [1.54, 1.807) is 7.11 Å². The van der Waals surface area contributed by atoms with Crippen molar-refractivity contribution in [2.45, 2.75) is 32.1 Å². The topological polar surface area (TPSA) is 84.7 Å². The molecule has 2 unspecified atom stereocenters. The average molecular weight is 347 g/mol. The highest BCUT2D eigenvalue weighted by atomic mass is 16.5. The van der Waals surface area contributed by atoms with Gasteiger partial charge in [-0.3, -0.25) is 9.59 Å². The predicted octanol–water partition coefficient (Wildman–Crippen LogP) is 1.50. The summed E-state index contributed by atoms with van der Waals surface area (Å²) in [6.07, 6.45) is 2.14. The zero-order valence-corrected chi connectivity index (χ0v) is 15.2. The summed E-state index contributed by atoms with van der Waals surface area (Å²) in [5.74, 6) is 0.931. The largest absolute Gasteiger partial charge is 0.497 e. The highest BCUT2D eigenvalue weighted by Gasteiger charge is 2.28. The van der Waals surface area contributed by atoms with Crippen molar-refractivity contribution in [3.8, 4) is 5.75 Å². The molecule has 2 rings (SSSR count). The average Bonchev–Trinajstić information content (AvgIpc) is 2.66. The molecule has 3 N–H and O–H groups in total. The number of likely N-dealkylation sites (tertiary alicyclic amines) is 1. The van der Waals surface area contributed by atoms with Crippen LogP contribution < -0.4 is 15.8 Å². The molecule has 6 nitrogen and oxygen atoms in total. The van der Waals surface area contributed by atoms with Gasteiger partial charge in [0.25, 0.3) is 0 Å². The Labute approximate surface area is 149 Å². The molecule has 1 aliphatic rings. The van der Waals surface area contributed by atoms with Crippen LogP contribution in [-0.4, -0.2) is 50.0 Å². The van der Waals surface area contributed by atoms with Crippen molar-refractivity contribution in [2.24, 2.45) is 11.7 Å². The van der Waals surface area contributed by atoms with Crippen LogP contribution in [0.3, 0.4) is 0 Å². The lowest BCUT2D eigenvalue weighted by molar-refractivity contribution is -0.136. The van der Waals surface area contributed by atoms with Crippen LogP contribution in [0.5, 0.6) is 5.75 Å². The molecule has 1 heterocycles. The first-order valence-corrected chi connectivity index (χ1v) is 8.94. The summed E-state index contributed by atoms with van der Waals surface area (Å²) < 4.78 is 5.17. The Morgan fingerprint density at radius 2 is 2.08 bits per heavy atom. The van der Waals surface area contributed by atoms with Crippen LogP contribution in [0.1, 0.15) is 37.7 Å². The zero-order valence-electron chi connectivity index (χ0n) is 15.2. The van der Waals surface area contributed by atoms with Gasteiger partial charge in [-0.15, -0.1) is 0 Å².